The van der Waals surface area contributed by atoms with Gasteiger partial charge in [-0.2, -0.15) is 0 Å². The van der Waals surface area contributed by atoms with E-state index in [4.69, 9.17) is 17.3 Å². The molecule has 1 aromatic rings. The number of hydrogen-bond donors (Lipinski definition) is 2. The maximum atomic E-state index is 12.2. The first kappa shape index (κ1) is 16.3. The zero-order valence-electron chi connectivity index (χ0n) is 10.8. The SMILES string of the molecule is Cl.NCC1(C(=O)NCc2ccc(Cl)cc2)CCCC1. The van der Waals surface area contributed by atoms with Crippen LogP contribution in [0.4, 0.5) is 0 Å². The van der Waals surface area contributed by atoms with Crippen molar-refractivity contribution in [1.82, 2.24) is 5.32 Å². The second kappa shape index (κ2) is 7.13. The van der Waals surface area contributed by atoms with Crippen LogP contribution in [0.5, 0.6) is 0 Å². The van der Waals surface area contributed by atoms with Crippen molar-refractivity contribution >= 4 is 29.9 Å². The second-order valence-corrected chi connectivity index (χ2v) is 5.44. The van der Waals surface area contributed by atoms with Gasteiger partial charge in [-0.1, -0.05) is 36.6 Å². The fourth-order valence-corrected chi connectivity index (χ4v) is 2.67. The van der Waals surface area contributed by atoms with E-state index in [-0.39, 0.29) is 23.7 Å². The largest absolute Gasteiger partial charge is 0.352 e. The fraction of sp³-hybridized carbons (Fsp3) is 0.500. The predicted octanol–water partition coefficient (Wildman–Crippen LogP) is 2.90. The molecule has 2 rings (SSSR count). The monoisotopic (exact) mass is 302 g/mol. The molecule has 1 amide bonds. The highest BCUT2D eigenvalue weighted by molar-refractivity contribution is 6.30. The molecule has 1 aliphatic carbocycles. The molecule has 0 atom stereocenters. The molecular weight excluding hydrogens is 283 g/mol. The highest BCUT2D eigenvalue weighted by Gasteiger charge is 2.39. The summed E-state index contributed by atoms with van der Waals surface area (Å²) in [5.41, 5.74) is 6.51. The third-order valence-corrected chi connectivity index (χ3v) is 4.05. The molecule has 0 saturated heterocycles. The Morgan fingerprint density at radius 1 is 1.26 bits per heavy atom. The van der Waals surface area contributed by atoms with E-state index in [1.165, 1.54) is 0 Å². The molecule has 0 heterocycles. The van der Waals surface area contributed by atoms with E-state index in [0.29, 0.717) is 18.1 Å². The molecule has 0 spiro atoms. The van der Waals surface area contributed by atoms with Gasteiger partial charge in [0.1, 0.15) is 0 Å². The summed E-state index contributed by atoms with van der Waals surface area (Å²) >= 11 is 5.82. The zero-order valence-corrected chi connectivity index (χ0v) is 12.4. The van der Waals surface area contributed by atoms with Crippen molar-refractivity contribution in [3.05, 3.63) is 34.9 Å². The molecule has 1 aliphatic rings. The Morgan fingerprint density at radius 2 is 1.84 bits per heavy atom. The van der Waals surface area contributed by atoms with Gasteiger partial charge >= 0.3 is 0 Å². The van der Waals surface area contributed by atoms with Gasteiger partial charge in [0.15, 0.2) is 0 Å². The number of carbonyl (C=O) groups is 1. The molecule has 5 heteroatoms. The van der Waals surface area contributed by atoms with Crippen molar-refractivity contribution in [2.75, 3.05) is 6.54 Å². The van der Waals surface area contributed by atoms with Crippen LogP contribution in [0.2, 0.25) is 5.02 Å². The highest BCUT2D eigenvalue weighted by Crippen LogP contribution is 2.37. The lowest BCUT2D eigenvalue weighted by Gasteiger charge is -2.25. The lowest BCUT2D eigenvalue weighted by molar-refractivity contribution is -0.130. The predicted molar refractivity (Wildman–Crippen MR) is 80.5 cm³/mol. The summed E-state index contributed by atoms with van der Waals surface area (Å²) in [6, 6.07) is 7.51. The van der Waals surface area contributed by atoms with Gasteiger partial charge in [-0.3, -0.25) is 4.79 Å². The minimum atomic E-state index is -0.327. The van der Waals surface area contributed by atoms with Crippen molar-refractivity contribution in [1.29, 1.82) is 0 Å². The number of carbonyl (C=O) groups excluding carboxylic acids is 1. The molecule has 0 unspecified atom stereocenters. The molecule has 3 N–H and O–H groups in total. The van der Waals surface area contributed by atoms with Crippen LogP contribution >= 0.6 is 24.0 Å². The second-order valence-electron chi connectivity index (χ2n) is 5.00. The molecule has 19 heavy (non-hydrogen) atoms. The molecule has 0 aromatic heterocycles. The van der Waals surface area contributed by atoms with Crippen LogP contribution in [0.1, 0.15) is 31.2 Å². The summed E-state index contributed by atoms with van der Waals surface area (Å²) in [6.07, 6.45) is 4.03. The van der Waals surface area contributed by atoms with Crippen LogP contribution in [0.15, 0.2) is 24.3 Å². The summed E-state index contributed by atoms with van der Waals surface area (Å²) in [5, 5.41) is 3.70. The van der Waals surface area contributed by atoms with Gasteiger partial charge in [0.2, 0.25) is 5.91 Å². The Balaban J connectivity index is 0.00000180. The van der Waals surface area contributed by atoms with Crippen LogP contribution in [-0.2, 0) is 11.3 Å². The average Bonchev–Trinajstić information content (AvgIpc) is 2.88. The lowest BCUT2D eigenvalue weighted by atomic mass is 9.85. The van der Waals surface area contributed by atoms with E-state index in [1.807, 2.05) is 24.3 Å². The summed E-state index contributed by atoms with van der Waals surface area (Å²) < 4.78 is 0. The van der Waals surface area contributed by atoms with E-state index in [9.17, 15) is 4.79 Å². The van der Waals surface area contributed by atoms with E-state index in [1.54, 1.807) is 0 Å². The number of nitrogens with one attached hydrogen (secondary N) is 1. The van der Waals surface area contributed by atoms with Crippen molar-refractivity contribution in [2.24, 2.45) is 11.1 Å². The quantitative estimate of drug-likeness (QED) is 0.898. The summed E-state index contributed by atoms with van der Waals surface area (Å²) in [5.74, 6) is 0.0949. The van der Waals surface area contributed by atoms with Crippen LogP contribution < -0.4 is 11.1 Å². The first-order chi connectivity index (χ1) is 8.66. The molecule has 0 radical (unpaired) electrons. The standard InChI is InChI=1S/C14H19ClN2O.ClH/c15-12-5-3-11(4-6-12)9-17-13(18)14(10-16)7-1-2-8-14;/h3-6H,1-2,7-10,16H2,(H,17,18);1H. The average molecular weight is 303 g/mol. The lowest BCUT2D eigenvalue weighted by Crippen LogP contribution is -2.43. The molecule has 1 fully saturated rings. The Morgan fingerprint density at radius 3 is 2.37 bits per heavy atom. The van der Waals surface area contributed by atoms with Crippen LogP contribution in [0.25, 0.3) is 0 Å². The summed E-state index contributed by atoms with van der Waals surface area (Å²) in [6.45, 7) is 0.983. The zero-order chi connectivity index (χ0) is 13.0. The van der Waals surface area contributed by atoms with Gasteiger partial charge in [-0.05, 0) is 30.5 Å². The van der Waals surface area contributed by atoms with Crippen molar-refractivity contribution in [3.8, 4) is 0 Å². The maximum absolute atomic E-state index is 12.2. The number of benzene rings is 1. The molecule has 1 saturated carbocycles. The number of amides is 1. The molecule has 0 aliphatic heterocycles. The molecular formula is C14H20Cl2N2O. The van der Waals surface area contributed by atoms with Gasteiger partial charge in [-0.15, -0.1) is 12.4 Å². The number of rotatable bonds is 4. The maximum Gasteiger partial charge on any atom is 0.227 e. The van der Waals surface area contributed by atoms with E-state index in [2.05, 4.69) is 5.32 Å². The topological polar surface area (TPSA) is 55.1 Å². The smallest absolute Gasteiger partial charge is 0.227 e. The Kier molecular flexibility index (Phi) is 6.11. The van der Waals surface area contributed by atoms with Crippen molar-refractivity contribution in [2.45, 2.75) is 32.2 Å². The normalized spacial score (nSPS) is 16.7. The fourth-order valence-electron chi connectivity index (χ4n) is 2.55. The third-order valence-electron chi connectivity index (χ3n) is 3.80. The van der Waals surface area contributed by atoms with Gasteiger partial charge in [0.05, 0.1) is 5.41 Å². The van der Waals surface area contributed by atoms with Gasteiger partial charge in [0, 0.05) is 18.1 Å². The Hall–Kier alpha value is -0.770. The van der Waals surface area contributed by atoms with Crippen LogP contribution in [-0.4, -0.2) is 12.5 Å². The molecule has 1 aromatic carbocycles. The van der Waals surface area contributed by atoms with Crippen molar-refractivity contribution < 1.29 is 4.79 Å². The number of nitrogens with two attached hydrogens (primary N) is 1. The van der Waals surface area contributed by atoms with E-state index < -0.39 is 0 Å². The summed E-state index contributed by atoms with van der Waals surface area (Å²) in [7, 11) is 0. The summed E-state index contributed by atoms with van der Waals surface area (Å²) in [4.78, 5) is 12.2. The number of halogens is 2. The van der Waals surface area contributed by atoms with Gasteiger partial charge in [-0.25, -0.2) is 0 Å². The first-order valence-corrected chi connectivity index (χ1v) is 6.77. The van der Waals surface area contributed by atoms with Crippen LogP contribution in [0.3, 0.4) is 0 Å². The van der Waals surface area contributed by atoms with Crippen molar-refractivity contribution in [3.63, 3.8) is 0 Å². The minimum Gasteiger partial charge on any atom is -0.352 e. The molecule has 106 valence electrons. The minimum absolute atomic E-state index is 0. The Labute approximate surface area is 125 Å². The van der Waals surface area contributed by atoms with Gasteiger partial charge < -0.3 is 11.1 Å². The highest BCUT2D eigenvalue weighted by atomic mass is 35.5. The third kappa shape index (κ3) is 3.85. The molecule has 0 bridgehead atoms. The Bertz CT molecular complexity index is 414. The number of hydrogen-bond acceptors (Lipinski definition) is 2. The first-order valence-electron chi connectivity index (χ1n) is 6.39. The van der Waals surface area contributed by atoms with Crippen LogP contribution in [0, 0.1) is 5.41 Å². The molecule has 3 nitrogen and oxygen atoms in total. The van der Waals surface area contributed by atoms with E-state index in [0.717, 1.165) is 31.2 Å². The van der Waals surface area contributed by atoms with E-state index >= 15 is 0 Å². The van der Waals surface area contributed by atoms with Gasteiger partial charge in [0.25, 0.3) is 0 Å².